The average Bonchev–Trinajstić information content (AvgIpc) is 2.70. The van der Waals surface area contributed by atoms with E-state index in [4.69, 9.17) is 0 Å². The second-order valence-corrected chi connectivity index (χ2v) is 5.50. The lowest BCUT2D eigenvalue weighted by Gasteiger charge is -2.10. The van der Waals surface area contributed by atoms with Crippen molar-refractivity contribution in [3.63, 3.8) is 0 Å². The van der Waals surface area contributed by atoms with Crippen LogP contribution in [0.15, 0.2) is 6.07 Å². The van der Waals surface area contributed by atoms with E-state index in [9.17, 15) is 27.1 Å². The summed E-state index contributed by atoms with van der Waals surface area (Å²) in [5.41, 5.74) is -0.904. The topological polar surface area (TPSA) is 38.1 Å². The maximum atomic E-state index is 12.7. The highest BCUT2D eigenvalue weighted by Gasteiger charge is 2.58. The van der Waals surface area contributed by atoms with Crippen LogP contribution >= 0.6 is 0 Å². The number of aliphatic hydroxyl groups excluding tert-OH is 1. The lowest BCUT2D eigenvalue weighted by molar-refractivity contribution is -0.141. The van der Waals surface area contributed by atoms with Gasteiger partial charge >= 0.3 is 6.18 Å². The van der Waals surface area contributed by atoms with Crippen molar-refractivity contribution < 1.29 is 27.1 Å². The van der Waals surface area contributed by atoms with Gasteiger partial charge in [-0.15, -0.1) is 0 Å². The van der Waals surface area contributed by atoms with Crippen molar-refractivity contribution in [2.45, 2.75) is 44.0 Å². The van der Waals surface area contributed by atoms with E-state index >= 15 is 0 Å². The van der Waals surface area contributed by atoms with E-state index < -0.39 is 30.9 Å². The Morgan fingerprint density at radius 3 is 2.40 bits per heavy atom. The zero-order valence-corrected chi connectivity index (χ0v) is 10.3. The summed E-state index contributed by atoms with van der Waals surface area (Å²) >= 11 is 0. The molecule has 0 aliphatic heterocycles. The Balaban J connectivity index is 1.88. The van der Waals surface area contributed by atoms with Crippen LogP contribution in [0.4, 0.5) is 22.0 Å². The fourth-order valence-corrected chi connectivity index (χ4v) is 3.37. The molecule has 1 heterocycles. The van der Waals surface area contributed by atoms with E-state index in [0.29, 0.717) is 12.8 Å². The van der Waals surface area contributed by atoms with Gasteiger partial charge in [0.15, 0.2) is 5.69 Å². The van der Waals surface area contributed by atoms with Crippen LogP contribution in [0, 0.1) is 11.8 Å². The quantitative estimate of drug-likeness (QED) is 0.871. The van der Waals surface area contributed by atoms with Crippen molar-refractivity contribution in [1.29, 1.82) is 0 Å². The van der Waals surface area contributed by atoms with Gasteiger partial charge < -0.3 is 5.11 Å². The lowest BCUT2D eigenvalue weighted by atomic mass is 10.1. The number of hydrogen-bond acceptors (Lipinski definition) is 2. The molecule has 1 aromatic rings. The lowest BCUT2D eigenvalue weighted by Crippen LogP contribution is -2.14. The molecule has 0 spiro atoms. The van der Waals surface area contributed by atoms with E-state index in [1.807, 2.05) is 0 Å². The Hall–Kier alpha value is -1.18. The van der Waals surface area contributed by atoms with Gasteiger partial charge in [-0.25, -0.2) is 8.78 Å². The monoisotopic (exact) mass is 296 g/mol. The van der Waals surface area contributed by atoms with Crippen LogP contribution in [0.25, 0.3) is 0 Å². The first-order chi connectivity index (χ1) is 9.27. The highest BCUT2D eigenvalue weighted by atomic mass is 19.4. The molecule has 2 saturated carbocycles. The smallest absolute Gasteiger partial charge is 0.393 e. The molecule has 3 rings (SSSR count). The normalized spacial score (nSPS) is 32.8. The zero-order valence-electron chi connectivity index (χ0n) is 10.3. The van der Waals surface area contributed by atoms with Gasteiger partial charge in [0.1, 0.15) is 6.54 Å². The number of halogens is 5. The largest absolute Gasteiger partial charge is 0.435 e. The molecule has 2 fully saturated rings. The summed E-state index contributed by atoms with van der Waals surface area (Å²) in [4.78, 5) is 0. The van der Waals surface area contributed by atoms with E-state index in [1.54, 1.807) is 0 Å². The van der Waals surface area contributed by atoms with Crippen LogP contribution < -0.4 is 0 Å². The fourth-order valence-electron chi connectivity index (χ4n) is 3.37. The number of fused-ring (bicyclic) bond motifs is 1. The molecule has 1 N–H and O–H groups in total. The Kier molecular flexibility index (Phi) is 3.04. The van der Waals surface area contributed by atoms with E-state index in [2.05, 4.69) is 5.10 Å². The predicted octanol–water partition coefficient (Wildman–Crippen LogP) is 2.65. The SMILES string of the molecule is OC1CC2C(C1)C2c1cc(C(F)(F)F)nn1CC(F)F. The van der Waals surface area contributed by atoms with E-state index in [1.165, 1.54) is 0 Å². The zero-order chi connectivity index (χ0) is 14.7. The van der Waals surface area contributed by atoms with Gasteiger partial charge in [0, 0.05) is 11.6 Å². The minimum Gasteiger partial charge on any atom is -0.393 e. The third-order valence-corrected chi connectivity index (χ3v) is 4.17. The maximum absolute atomic E-state index is 12.7. The number of alkyl halides is 5. The minimum atomic E-state index is -4.63. The summed E-state index contributed by atoms with van der Waals surface area (Å²) < 4.78 is 63.7. The average molecular weight is 296 g/mol. The molecule has 0 saturated heterocycles. The van der Waals surface area contributed by atoms with Crippen LogP contribution in [0.3, 0.4) is 0 Å². The molecule has 2 unspecified atom stereocenters. The van der Waals surface area contributed by atoms with Gasteiger partial charge in [0.2, 0.25) is 0 Å². The number of aliphatic hydroxyl groups is 1. The van der Waals surface area contributed by atoms with Gasteiger partial charge in [-0.3, -0.25) is 4.68 Å². The molecular formula is C12H13F5N2O. The third kappa shape index (κ3) is 2.30. The van der Waals surface area contributed by atoms with Crippen LogP contribution in [-0.2, 0) is 12.7 Å². The predicted molar refractivity (Wildman–Crippen MR) is 58.2 cm³/mol. The second kappa shape index (κ2) is 4.41. The molecule has 0 radical (unpaired) electrons. The molecule has 8 heteroatoms. The van der Waals surface area contributed by atoms with Crippen molar-refractivity contribution in [3.8, 4) is 0 Å². The van der Waals surface area contributed by atoms with Crippen molar-refractivity contribution in [2.24, 2.45) is 11.8 Å². The Morgan fingerprint density at radius 1 is 1.30 bits per heavy atom. The molecule has 2 atom stereocenters. The summed E-state index contributed by atoms with van der Waals surface area (Å²) in [7, 11) is 0. The van der Waals surface area contributed by atoms with Crippen molar-refractivity contribution in [3.05, 3.63) is 17.5 Å². The standard InChI is InChI=1S/C12H13F5N2O/c13-10(14)4-19-8(3-9(18-19)12(15,16)17)11-6-1-5(20)2-7(6)11/h3,5-7,10-11,20H,1-2,4H2. The van der Waals surface area contributed by atoms with Gasteiger partial charge in [0.05, 0.1) is 6.10 Å². The summed E-state index contributed by atoms with van der Waals surface area (Å²) in [5.74, 6) is 0.0131. The summed E-state index contributed by atoms with van der Waals surface area (Å²) in [6, 6.07) is 0.873. The van der Waals surface area contributed by atoms with E-state index in [0.717, 1.165) is 10.7 Å². The molecule has 3 nitrogen and oxygen atoms in total. The molecule has 20 heavy (non-hydrogen) atoms. The highest BCUT2D eigenvalue weighted by molar-refractivity contribution is 5.28. The Labute approximate surface area is 111 Å². The Bertz CT molecular complexity index is 500. The minimum absolute atomic E-state index is 0.0965. The van der Waals surface area contributed by atoms with Crippen LogP contribution in [0.1, 0.15) is 30.1 Å². The van der Waals surface area contributed by atoms with E-state index in [-0.39, 0.29) is 23.4 Å². The maximum Gasteiger partial charge on any atom is 0.435 e. The van der Waals surface area contributed by atoms with Crippen LogP contribution in [-0.4, -0.2) is 27.4 Å². The highest BCUT2D eigenvalue weighted by Crippen LogP contribution is 2.63. The molecule has 2 aliphatic carbocycles. The fraction of sp³-hybridized carbons (Fsp3) is 0.750. The van der Waals surface area contributed by atoms with Gasteiger partial charge in [-0.2, -0.15) is 18.3 Å². The molecule has 0 aromatic carbocycles. The molecular weight excluding hydrogens is 283 g/mol. The summed E-state index contributed by atoms with van der Waals surface area (Å²) in [6.07, 6.45) is -6.76. The van der Waals surface area contributed by atoms with Gasteiger partial charge in [0.25, 0.3) is 6.43 Å². The molecule has 0 bridgehead atoms. The molecule has 112 valence electrons. The second-order valence-electron chi connectivity index (χ2n) is 5.50. The molecule has 2 aliphatic rings. The first-order valence-corrected chi connectivity index (χ1v) is 6.38. The number of rotatable bonds is 3. The van der Waals surface area contributed by atoms with Gasteiger partial charge in [-0.1, -0.05) is 0 Å². The van der Waals surface area contributed by atoms with Crippen LogP contribution in [0.2, 0.25) is 0 Å². The van der Waals surface area contributed by atoms with Crippen molar-refractivity contribution in [1.82, 2.24) is 9.78 Å². The summed E-state index contributed by atoms with van der Waals surface area (Å²) in [5, 5.41) is 12.7. The summed E-state index contributed by atoms with van der Waals surface area (Å²) in [6.45, 7) is -0.829. The number of nitrogens with zero attached hydrogens (tertiary/aromatic N) is 2. The van der Waals surface area contributed by atoms with Crippen molar-refractivity contribution in [2.75, 3.05) is 0 Å². The third-order valence-electron chi connectivity index (χ3n) is 4.17. The van der Waals surface area contributed by atoms with Crippen LogP contribution in [0.5, 0.6) is 0 Å². The number of aromatic nitrogens is 2. The molecule has 0 amide bonds. The number of hydrogen-bond donors (Lipinski definition) is 1. The first kappa shape index (κ1) is 13.8. The first-order valence-electron chi connectivity index (χ1n) is 6.38. The Morgan fingerprint density at radius 2 is 1.90 bits per heavy atom. The molecule has 1 aromatic heterocycles. The van der Waals surface area contributed by atoms with Crippen molar-refractivity contribution >= 4 is 0 Å². The van der Waals surface area contributed by atoms with Gasteiger partial charge in [-0.05, 0) is 30.7 Å².